The van der Waals surface area contributed by atoms with Crippen molar-refractivity contribution in [2.24, 2.45) is 5.92 Å². The molecule has 0 saturated carbocycles. The Kier molecular flexibility index (Phi) is 4.69. The lowest BCUT2D eigenvalue weighted by Crippen LogP contribution is -2.29. The second kappa shape index (κ2) is 6.48. The first-order valence-corrected chi connectivity index (χ1v) is 6.87. The van der Waals surface area contributed by atoms with Crippen LogP contribution in [0.1, 0.15) is 30.6 Å². The topological polar surface area (TPSA) is 62.2 Å². The average molecular weight is 272 g/mol. The smallest absolute Gasteiger partial charge is 0.251 e. The third kappa shape index (κ3) is 3.78. The van der Waals surface area contributed by atoms with Crippen LogP contribution in [0.2, 0.25) is 0 Å². The summed E-state index contributed by atoms with van der Waals surface area (Å²) in [7, 11) is 0. The number of nitrogens with one attached hydrogen (secondary N) is 1. The molecule has 1 aromatic heterocycles. The number of amides is 1. The molecule has 0 bridgehead atoms. The summed E-state index contributed by atoms with van der Waals surface area (Å²) in [5.41, 5.74) is 1.52. The van der Waals surface area contributed by atoms with Crippen molar-refractivity contribution in [1.82, 2.24) is 10.3 Å². The zero-order valence-corrected chi connectivity index (χ0v) is 11.8. The van der Waals surface area contributed by atoms with Crippen molar-refractivity contribution in [2.75, 3.05) is 6.54 Å². The molecule has 0 aliphatic carbocycles. The largest absolute Gasteiger partial charge is 0.393 e. The third-order valence-electron chi connectivity index (χ3n) is 3.22. The second-order valence-electron chi connectivity index (χ2n) is 5.31. The van der Waals surface area contributed by atoms with Crippen molar-refractivity contribution < 1.29 is 9.90 Å². The molecule has 4 heteroatoms. The maximum Gasteiger partial charge on any atom is 0.251 e. The summed E-state index contributed by atoms with van der Waals surface area (Å²) in [5, 5.41) is 13.2. The Hall–Kier alpha value is -1.94. The first-order chi connectivity index (χ1) is 9.56. The lowest BCUT2D eigenvalue weighted by atomic mass is 10.0. The predicted molar refractivity (Wildman–Crippen MR) is 79.5 cm³/mol. The van der Waals surface area contributed by atoms with Crippen LogP contribution in [0, 0.1) is 5.92 Å². The number of fused-ring (bicyclic) bond motifs is 1. The van der Waals surface area contributed by atoms with Crippen LogP contribution in [0.3, 0.4) is 0 Å². The van der Waals surface area contributed by atoms with Crippen LogP contribution in [-0.4, -0.2) is 28.6 Å². The molecule has 0 spiro atoms. The molecule has 20 heavy (non-hydrogen) atoms. The number of nitrogens with zero attached hydrogens (tertiary/aromatic N) is 1. The number of carbonyl (C=O) groups excluding carboxylic acids is 1. The molecule has 2 aromatic rings. The molecule has 1 aromatic carbocycles. The van der Waals surface area contributed by atoms with Crippen molar-refractivity contribution in [3.8, 4) is 0 Å². The van der Waals surface area contributed by atoms with Crippen LogP contribution in [0.25, 0.3) is 10.9 Å². The van der Waals surface area contributed by atoms with Gasteiger partial charge in [-0.05, 0) is 43.5 Å². The SMILES string of the molecule is CC(O)CC(C)CNC(=O)c1ccc2ncccc2c1. The van der Waals surface area contributed by atoms with E-state index in [-0.39, 0.29) is 17.9 Å². The van der Waals surface area contributed by atoms with Crippen molar-refractivity contribution in [3.05, 3.63) is 42.1 Å². The number of aromatic nitrogens is 1. The van der Waals surface area contributed by atoms with Crippen molar-refractivity contribution in [3.63, 3.8) is 0 Å². The molecule has 0 radical (unpaired) electrons. The summed E-state index contributed by atoms with van der Waals surface area (Å²) < 4.78 is 0. The van der Waals surface area contributed by atoms with Gasteiger partial charge in [-0.15, -0.1) is 0 Å². The standard InChI is InChI=1S/C16H20N2O2/c1-11(8-12(2)19)10-18-16(20)14-5-6-15-13(9-14)4-3-7-17-15/h3-7,9,11-12,19H,8,10H2,1-2H3,(H,18,20). The minimum Gasteiger partial charge on any atom is -0.393 e. The van der Waals surface area contributed by atoms with E-state index < -0.39 is 0 Å². The molecular formula is C16H20N2O2. The van der Waals surface area contributed by atoms with Gasteiger partial charge >= 0.3 is 0 Å². The fraction of sp³-hybridized carbons (Fsp3) is 0.375. The number of pyridine rings is 1. The number of hydrogen-bond acceptors (Lipinski definition) is 3. The van der Waals surface area contributed by atoms with Gasteiger partial charge in [-0.25, -0.2) is 0 Å². The minimum absolute atomic E-state index is 0.0896. The normalized spacial score (nSPS) is 13.9. The van der Waals surface area contributed by atoms with Crippen LogP contribution < -0.4 is 5.32 Å². The van der Waals surface area contributed by atoms with Gasteiger partial charge in [-0.3, -0.25) is 9.78 Å². The number of aliphatic hydroxyl groups is 1. The van der Waals surface area contributed by atoms with E-state index in [0.29, 0.717) is 18.5 Å². The highest BCUT2D eigenvalue weighted by atomic mass is 16.3. The molecule has 0 aliphatic heterocycles. The van der Waals surface area contributed by atoms with Gasteiger partial charge in [-0.1, -0.05) is 13.0 Å². The van der Waals surface area contributed by atoms with Crippen LogP contribution in [0.5, 0.6) is 0 Å². The molecule has 1 heterocycles. The Labute approximate surface area is 118 Å². The Morgan fingerprint density at radius 1 is 1.35 bits per heavy atom. The number of aliphatic hydroxyl groups excluding tert-OH is 1. The first-order valence-electron chi connectivity index (χ1n) is 6.87. The second-order valence-corrected chi connectivity index (χ2v) is 5.31. The van der Waals surface area contributed by atoms with Gasteiger partial charge < -0.3 is 10.4 Å². The number of benzene rings is 1. The predicted octanol–water partition coefficient (Wildman–Crippen LogP) is 2.37. The van der Waals surface area contributed by atoms with Crippen LogP contribution in [0.4, 0.5) is 0 Å². The Morgan fingerprint density at radius 3 is 2.90 bits per heavy atom. The van der Waals surface area contributed by atoms with Crippen LogP contribution in [-0.2, 0) is 0 Å². The van der Waals surface area contributed by atoms with Crippen molar-refractivity contribution in [2.45, 2.75) is 26.4 Å². The van der Waals surface area contributed by atoms with E-state index in [0.717, 1.165) is 10.9 Å². The quantitative estimate of drug-likeness (QED) is 0.878. The molecule has 1 amide bonds. The maximum atomic E-state index is 12.1. The third-order valence-corrected chi connectivity index (χ3v) is 3.22. The first kappa shape index (κ1) is 14.5. The van der Waals surface area contributed by atoms with Gasteiger partial charge in [0, 0.05) is 23.7 Å². The van der Waals surface area contributed by atoms with E-state index in [1.165, 1.54) is 0 Å². The Balaban J connectivity index is 2.00. The Bertz CT molecular complexity index is 596. The molecule has 0 saturated heterocycles. The zero-order chi connectivity index (χ0) is 14.5. The van der Waals surface area contributed by atoms with Crippen LogP contribution in [0.15, 0.2) is 36.5 Å². The van der Waals surface area contributed by atoms with Gasteiger partial charge in [0.25, 0.3) is 5.91 Å². The molecule has 4 nitrogen and oxygen atoms in total. The molecular weight excluding hydrogens is 252 g/mol. The highest BCUT2D eigenvalue weighted by Crippen LogP contribution is 2.13. The summed E-state index contributed by atoms with van der Waals surface area (Å²) in [4.78, 5) is 16.3. The molecule has 0 aliphatic rings. The summed E-state index contributed by atoms with van der Waals surface area (Å²) in [6.45, 7) is 4.33. The van der Waals surface area contributed by atoms with E-state index in [2.05, 4.69) is 10.3 Å². The minimum atomic E-state index is -0.339. The van der Waals surface area contributed by atoms with Gasteiger partial charge in [0.05, 0.1) is 11.6 Å². The van der Waals surface area contributed by atoms with E-state index in [4.69, 9.17) is 0 Å². The molecule has 2 unspecified atom stereocenters. The fourth-order valence-corrected chi connectivity index (χ4v) is 2.25. The number of rotatable bonds is 5. The lowest BCUT2D eigenvalue weighted by molar-refractivity contribution is 0.0939. The highest BCUT2D eigenvalue weighted by molar-refractivity contribution is 5.97. The molecule has 2 atom stereocenters. The van der Waals surface area contributed by atoms with E-state index in [1.807, 2.05) is 31.2 Å². The van der Waals surface area contributed by atoms with Gasteiger partial charge in [-0.2, -0.15) is 0 Å². The van der Waals surface area contributed by atoms with Gasteiger partial charge in [0.2, 0.25) is 0 Å². The summed E-state index contributed by atoms with van der Waals surface area (Å²) >= 11 is 0. The van der Waals surface area contributed by atoms with Crippen molar-refractivity contribution >= 4 is 16.8 Å². The van der Waals surface area contributed by atoms with Crippen LogP contribution >= 0.6 is 0 Å². The monoisotopic (exact) mass is 272 g/mol. The van der Waals surface area contributed by atoms with E-state index >= 15 is 0 Å². The van der Waals surface area contributed by atoms with Gasteiger partial charge in [0.1, 0.15) is 0 Å². The number of carbonyl (C=O) groups is 1. The Morgan fingerprint density at radius 2 is 2.15 bits per heavy atom. The van der Waals surface area contributed by atoms with Crippen molar-refractivity contribution in [1.29, 1.82) is 0 Å². The lowest BCUT2D eigenvalue weighted by Gasteiger charge is -2.14. The van der Waals surface area contributed by atoms with E-state index in [9.17, 15) is 9.90 Å². The summed E-state index contributed by atoms with van der Waals surface area (Å²) in [5.74, 6) is 0.161. The number of hydrogen-bond donors (Lipinski definition) is 2. The summed E-state index contributed by atoms with van der Waals surface area (Å²) in [6, 6.07) is 9.27. The van der Waals surface area contributed by atoms with Gasteiger partial charge in [0.15, 0.2) is 0 Å². The molecule has 106 valence electrons. The molecule has 2 rings (SSSR count). The summed E-state index contributed by atoms with van der Waals surface area (Å²) in [6.07, 6.45) is 2.08. The molecule has 0 fully saturated rings. The highest BCUT2D eigenvalue weighted by Gasteiger charge is 2.10. The average Bonchev–Trinajstić information content (AvgIpc) is 2.43. The fourth-order valence-electron chi connectivity index (χ4n) is 2.25. The molecule has 2 N–H and O–H groups in total. The van der Waals surface area contributed by atoms with E-state index in [1.54, 1.807) is 19.2 Å². The zero-order valence-electron chi connectivity index (χ0n) is 11.8. The maximum absolute atomic E-state index is 12.1.